The summed E-state index contributed by atoms with van der Waals surface area (Å²) in [5.74, 6) is -4.36. The molecule has 3 heterocycles. The van der Waals surface area contributed by atoms with Gasteiger partial charge in [-0.05, 0) is 24.3 Å². The van der Waals surface area contributed by atoms with Crippen LogP contribution in [0, 0.1) is 11.9 Å². The molecule has 1 N–H and O–H groups in total. The van der Waals surface area contributed by atoms with Crippen LogP contribution in [0.4, 0.5) is 40.8 Å². The average molecular weight is 451 g/mol. The number of hydrogen-bond acceptors (Lipinski definition) is 4. The number of carbonyl (C=O) groups excluding carboxylic acids is 1. The zero-order chi connectivity index (χ0) is 23.1. The van der Waals surface area contributed by atoms with Crippen molar-refractivity contribution in [3.8, 4) is 11.3 Å². The number of halogens is 8. The van der Waals surface area contributed by atoms with Gasteiger partial charge in [-0.2, -0.15) is 45.2 Å². The van der Waals surface area contributed by atoms with Crippen LogP contribution in [0.2, 0.25) is 0 Å². The molecule has 6 nitrogen and oxygen atoms in total. The van der Waals surface area contributed by atoms with E-state index in [9.17, 15) is 39.9 Å². The zero-order valence-electron chi connectivity index (χ0n) is 15.1. The molecule has 0 aliphatic heterocycles. The van der Waals surface area contributed by atoms with Gasteiger partial charge >= 0.3 is 12.4 Å². The van der Waals surface area contributed by atoms with Crippen LogP contribution in [-0.4, -0.2) is 25.7 Å². The van der Waals surface area contributed by atoms with Crippen molar-refractivity contribution < 1.29 is 39.9 Å². The second-order valence-corrected chi connectivity index (χ2v) is 6.05. The molecule has 3 rings (SSSR count). The van der Waals surface area contributed by atoms with Crippen LogP contribution in [0.1, 0.15) is 21.7 Å². The van der Waals surface area contributed by atoms with Crippen molar-refractivity contribution in [1.29, 1.82) is 0 Å². The first-order chi connectivity index (χ1) is 14.3. The molecule has 3 aromatic rings. The summed E-state index contributed by atoms with van der Waals surface area (Å²) in [6.07, 6.45) is -9.38. The van der Waals surface area contributed by atoms with E-state index in [1.807, 2.05) is 5.32 Å². The topological polar surface area (TPSA) is 72.7 Å². The fourth-order valence-corrected chi connectivity index (χ4v) is 2.68. The van der Waals surface area contributed by atoms with E-state index in [0.717, 1.165) is 13.1 Å². The summed E-state index contributed by atoms with van der Waals surface area (Å²) >= 11 is 0. The van der Waals surface area contributed by atoms with Crippen molar-refractivity contribution in [2.45, 2.75) is 12.4 Å². The number of hydrogen-bond donors (Lipinski definition) is 1. The van der Waals surface area contributed by atoms with E-state index in [1.54, 1.807) is 0 Å². The van der Waals surface area contributed by atoms with Crippen molar-refractivity contribution in [1.82, 2.24) is 19.7 Å². The molecule has 0 saturated heterocycles. The maximum absolute atomic E-state index is 14.0. The standard InChI is InChI=1S/C17H9F8N5O/c1-30-13(15(31)27-7-4-5-26-9(6-7)16(20,21)22)11(17(23,24)25)12(29-30)8-2-3-10(18)28-14(8)19/h2-6H,1H3,(H,26,27,31). The van der Waals surface area contributed by atoms with Crippen LogP contribution in [0.5, 0.6) is 0 Å². The Morgan fingerprint density at radius 1 is 1.03 bits per heavy atom. The lowest BCUT2D eigenvalue weighted by Gasteiger charge is -2.12. The smallest absolute Gasteiger partial charge is 0.321 e. The molecule has 14 heteroatoms. The molecule has 31 heavy (non-hydrogen) atoms. The molecule has 1 amide bonds. The van der Waals surface area contributed by atoms with Crippen molar-refractivity contribution in [3.63, 3.8) is 0 Å². The van der Waals surface area contributed by atoms with Crippen LogP contribution in [0.25, 0.3) is 11.3 Å². The number of pyridine rings is 2. The van der Waals surface area contributed by atoms with E-state index in [1.165, 1.54) is 0 Å². The third-order valence-electron chi connectivity index (χ3n) is 3.92. The van der Waals surface area contributed by atoms with Gasteiger partial charge in [0.2, 0.25) is 11.9 Å². The van der Waals surface area contributed by atoms with E-state index in [4.69, 9.17) is 0 Å². The maximum atomic E-state index is 14.0. The number of anilines is 1. The first-order valence-corrected chi connectivity index (χ1v) is 8.10. The summed E-state index contributed by atoms with van der Waals surface area (Å²) < 4.78 is 107. The highest BCUT2D eigenvalue weighted by Gasteiger charge is 2.43. The second-order valence-electron chi connectivity index (χ2n) is 6.05. The fourth-order valence-electron chi connectivity index (χ4n) is 2.68. The molecule has 164 valence electrons. The summed E-state index contributed by atoms with van der Waals surface area (Å²) in [6, 6.07) is 2.62. The second kappa shape index (κ2) is 7.59. The molecule has 0 atom stereocenters. The van der Waals surface area contributed by atoms with Crippen molar-refractivity contribution in [2.75, 3.05) is 5.32 Å². The predicted octanol–water partition coefficient (Wildman–Crippen LogP) is 4.45. The van der Waals surface area contributed by atoms with E-state index in [2.05, 4.69) is 15.1 Å². The highest BCUT2D eigenvalue weighted by molar-refractivity contribution is 6.05. The van der Waals surface area contributed by atoms with Crippen LogP contribution in [0.3, 0.4) is 0 Å². The molecular formula is C17H9F8N5O. The fraction of sp³-hybridized carbons (Fsp3) is 0.176. The minimum atomic E-state index is -5.23. The number of alkyl halides is 6. The van der Waals surface area contributed by atoms with Gasteiger partial charge in [-0.15, -0.1) is 0 Å². The SMILES string of the molecule is Cn1nc(-c2ccc(F)nc2F)c(C(F)(F)F)c1C(=O)Nc1ccnc(C(F)(F)F)c1. The Balaban J connectivity index is 2.09. The van der Waals surface area contributed by atoms with Gasteiger partial charge in [-0.1, -0.05) is 0 Å². The summed E-state index contributed by atoms with van der Waals surface area (Å²) in [5, 5.41) is 5.40. The van der Waals surface area contributed by atoms with Gasteiger partial charge in [0.1, 0.15) is 22.6 Å². The normalized spacial score (nSPS) is 12.2. The lowest BCUT2D eigenvalue weighted by molar-refractivity contribution is -0.141. The van der Waals surface area contributed by atoms with Gasteiger partial charge in [0, 0.05) is 18.9 Å². The molecule has 0 spiro atoms. The minimum absolute atomic E-state index is 0.423. The molecule has 0 aliphatic rings. The summed E-state index contributed by atoms with van der Waals surface area (Å²) in [7, 11) is 0.941. The van der Waals surface area contributed by atoms with E-state index >= 15 is 0 Å². The minimum Gasteiger partial charge on any atom is -0.321 e. The van der Waals surface area contributed by atoms with Gasteiger partial charge in [-0.25, -0.2) is 0 Å². The van der Waals surface area contributed by atoms with Crippen LogP contribution < -0.4 is 5.32 Å². The van der Waals surface area contributed by atoms with Gasteiger partial charge < -0.3 is 5.32 Å². The van der Waals surface area contributed by atoms with E-state index < -0.39 is 64.1 Å². The number of nitrogens with zero attached hydrogens (tertiary/aromatic N) is 4. The molecule has 0 aliphatic carbocycles. The molecule has 3 aromatic heterocycles. The molecule has 0 bridgehead atoms. The van der Waals surface area contributed by atoms with Gasteiger partial charge in [-0.3, -0.25) is 14.5 Å². The first-order valence-electron chi connectivity index (χ1n) is 8.10. The van der Waals surface area contributed by atoms with E-state index in [0.29, 0.717) is 29.1 Å². The maximum Gasteiger partial charge on any atom is 0.433 e. The summed E-state index contributed by atoms with van der Waals surface area (Å²) in [6.45, 7) is 0. The summed E-state index contributed by atoms with van der Waals surface area (Å²) in [4.78, 5) is 18.4. The number of aromatic nitrogens is 4. The highest BCUT2D eigenvalue weighted by Crippen LogP contribution is 2.40. The Morgan fingerprint density at radius 3 is 2.29 bits per heavy atom. The highest BCUT2D eigenvalue weighted by atomic mass is 19.4. The Labute approximate surface area is 167 Å². The molecule has 0 unspecified atom stereocenters. The van der Waals surface area contributed by atoms with Crippen LogP contribution in [-0.2, 0) is 19.4 Å². The Kier molecular flexibility index (Phi) is 5.42. The molecular weight excluding hydrogens is 442 g/mol. The third-order valence-corrected chi connectivity index (χ3v) is 3.92. The predicted molar refractivity (Wildman–Crippen MR) is 88.5 cm³/mol. The number of rotatable bonds is 3. The number of nitrogens with one attached hydrogen (secondary N) is 1. The largest absolute Gasteiger partial charge is 0.433 e. The Bertz CT molecular complexity index is 1150. The van der Waals surface area contributed by atoms with Crippen molar-refractivity contribution in [2.24, 2.45) is 7.05 Å². The van der Waals surface area contributed by atoms with Crippen LogP contribution >= 0.6 is 0 Å². The van der Waals surface area contributed by atoms with Gasteiger partial charge in [0.15, 0.2) is 0 Å². The Hall–Kier alpha value is -3.58. The van der Waals surface area contributed by atoms with Gasteiger partial charge in [0.05, 0.1) is 5.56 Å². The average Bonchev–Trinajstić information content (AvgIpc) is 2.98. The number of aryl methyl sites for hydroxylation is 1. The molecule has 0 radical (unpaired) electrons. The molecule has 0 aromatic carbocycles. The van der Waals surface area contributed by atoms with Crippen molar-refractivity contribution >= 4 is 11.6 Å². The number of carbonyl (C=O) groups is 1. The van der Waals surface area contributed by atoms with E-state index in [-0.39, 0.29) is 0 Å². The van der Waals surface area contributed by atoms with Crippen molar-refractivity contribution in [3.05, 3.63) is 59.3 Å². The number of amides is 1. The third kappa shape index (κ3) is 4.46. The quantitative estimate of drug-likeness (QED) is 0.472. The van der Waals surface area contributed by atoms with Gasteiger partial charge in [0.25, 0.3) is 5.91 Å². The lowest BCUT2D eigenvalue weighted by Crippen LogP contribution is -2.21. The first kappa shape index (κ1) is 22.1. The Morgan fingerprint density at radius 2 is 1.71 bits per heavy atom. The molecule has 0 fully saturated rings. The zero-order valence-corrected chi connectivity index (χ0v) is 15.1. The van der Waals surface area contributed by atoms with Crippen LogP contribution in [0.15, 0.2) is 30.5 Å². The lowest BCUT2D eigenvalue weighted by atomic mass is 10.1. The molecule has 0 saturated carbocycles. The monoisotopic (exact) mass is 451 g/mol. The summed E-state index contributed by atoms with van der Waals surface area (Å²) in [5.41, 5.74) is -6.53.